The Labute approximate surface area is 133 Å². The molecule has 1 saturated heterocycles. The summed E-state index contributed by atoms with van der Waals surface area (Å²) >= 11 is 5.96. The van der Waals surface area contributed by atoms with E-state index >= 15 is 0 Å². The molecule has 1 atom stereocenters. The molecule has 1 N–H and O–H groups in total. The second-order valence-electron chi connectivity index (χ2n) is 6.92. The van der Waals surface area contributed by atoms with E-state index in [1.165, 1.54) is 44.2 Å². The van der Waals surface area contributed by atoms with Crippen LogP contribution in [0.3, 0.4) is 0 Å². The molecule has 0 radical (unpaired) electrons. The van der Waals surface area contributed by atoms with E-state index in [2.05, 4.69) is 29.3 Å². The van der Waals surface area contributed by atoms with E-state index in [1.54, 1.807) is 0 Å². The van der Waals surface area contributed by atoms with Gasteiger partial charge in [-0.3, -0.25) is 4.90 Å². The van der Waals surface area contributed by atoms with Crippen LogP contribution >= 0.6 is 11.6 Å². The summed E-state index contributed by atoms with van der Waals surface area (Å²) in [5.41, 5.74) is 1.80. The predicted octanol–water partition coefficient (Wildman–Crippen LogP) is 3.88. The number of piperazine rings is 1. The Balaban J connectivity index is 1.59. The highest BCUT2D eigenvalue weighted by molar-refractivity contribution is 6.30. The van der Waals surface area contributed by atoms with Gasteiger partial charge >= 0.3 is 0 Å². The van der Waals surface area contributed by atoms with Crippen LogP contribution < -0.4 is 5.32 Å². The minimum absolute atomic E-state index is 0.407. The Morgan fingerprint density at radius 2 is 1.90 bits per heavy atom. The van der Waals surface area contributed by atoms with E-state index in [4.69, 9.17) is 11.6 Å². The third-order valence-electron chi connectivity index (χ3n) is 5.31. The molecule has 21 heavy (non-hydrogen) atoms. The van der Waals surface area contributed by atoms with E-state index < -0.39 is 0 Å². The maximum Gasteiger partial charge on any atom is 0.0406 e. The normalized spacial score (nSPS) is 26.1. The Hall–Kier alpha value is -0.570. The number of halogens is 1. The highest BCUT2D eigenvalue weighted by atomic mass is 35.5. The number of nitrogens with one attached hydrogen (secondary N) is 1. The zero-order valence-corrected chi connectivity index (χ0v) is 13.8. The molecule has 1 aliphatic carbocycles. The van der Waals surface area contributed by atoms with Crippen molar-refractivity contribution in [3.63, 3.8) is 0 Å². The van der Waals surface area contributed by atoms with E-state index in [0.717, 1.165) is 24.5 Å². The SMILES string of the molecule is CC1CNC2(CCCCC2)CN1CCc1ccc(Cl)cc1. The first-order valence-electron chi connectivity index (χ1n) is 8.40. The van der Waals surface area contributed by atoms with Gasteiger partial charge in [-0.05, 0) is 43.9 Å². The molecule has 3 heteroatoms. The monoisotopic (exact) mass is 306 g/mol. The smallest absolute Gasteiger partial charge is 0.0406 e. The summed E-state index contributed by atoms with van der Waals surface area (Å²) in [5, 5.41) is 4.69. The molecule has 1 aromatic carbocycles. The van der Waals surface area contributed by atoms with Gasteiger partial charge in [0.05, 0.1) is 0 Å². The van der Waals surface area contributed by atoms with Crippen molar-refractivity contribution in [1.82, 2.24) is 10.2 Å². The van der Waals surface area contributed by atoms with Crippen LogP contribution in [0.5, 0.6) is 0 Å². The molecular formula is C18H27ClN2. The van der Waals surface area contributed by atoms with E-state index in [9.17, 15) is 0 Å². The molecule has 1 heterocycles. The number of hydrogen-bond donors (Lipinski definition) is 1. The third kappa shape index (κ3) is 3.80. The van der Waals surface area contributed by atoms with Crippen molar-refractivity contribution >= 4 is 11.6 Å². The van der Waals surface area contributed by atoms with Crippen molar-refractivity contribution in [2.45, 2.75) is 57.0 Å². The van der Waals surface area contributed by atoms with Gasteiger partial charge in [-0.25, -0.2) is 0 Å². The average molecular weight is 307 g/mol. The van der Waals surface area contributed by atoms with Crippen LogP contribution in [0.2, 0.25) is 5.02 Å². The van der Waals surface area contributed by atoms with Crippen molar-refractivity contribution in [2.24, 2.45) is 0 Å². The highest BCUT2D eigenvalue weighted by Crippen LogP contribution is 2.31. The molecule has 2 aliphatic rings. The lowest BCUT2D eigenvalue weighted by Gasteiger charge is -2.49. The van der Waals surface area contributed by atoms with E-state index in [-0.39, 0.29) is 0 Å². The van der Waals surface area contributed by atoms with Gasteiger partial charge < -0.3 is 5.32 Å². The van der Waals surface area contributed by atoms with Crippen LogP contribution in [-0.2, 0) is 6.42 Å². The minimum atomic E-state index is 0.407. The number of nitrogens with zero attached hydrogens (tertiary/aromatic N) is 1. The zero-order valence-electron chi connectivity index (χ0n) is 13.1. The maximum atomic E-state index is 5.96. The quantitative estimate of drug-likeness (QED) is 0.911. The molecule has 1 aromatic rings. The van der Waals surface area contributed by atoms with Crippen molar-refractivity contribution in [3.8, 4) is 0 Å². The van der Waals surface area contributed by atoms with Gasteiger partial charge in [0.2, 0.25) is 0 Å². The fraction of sp³-hybridized carbons (Fsp3) is 0.667. The molecule has 1 unspecified atom stereocenters. The summed E-state index contributed by atoms with van der Waals surface area (Å²) in [5.74, 6) is 0. The van der Waals surface area contributed by atoms with Crippen LogP contribution in [0.4, 0.5) is 0 Å². The lowest BCUT2D eigenvalue weighted by atomic mass is 9.79. The van der Waals surface area contributed by atoms with E-state index in [1.807, 2.05) is 12.1 Å². The van der Waals surface area contributed by atoms with Gasteiger partial charge in [0.25, 0.3) is 0 Å². The van der Waals surface area contributed by atoms with Crippen LogP contribution in [0.25, 0.3) is 0 Å². The summed E-state index contributed by atoms with van der Waals surface area (Å²) in [6.07, 6.45) is 8.05. The topological polar surface area (TPSA) is 15.3 Å². The van der Waals surface area contributed by atoms with Crippen LogP contribution in [0.15, 0.2) is 24.3 Å². The first-order valence-corrected chi connectivity index (χ1v) is 8.78. The summed E-state index contributed by atoms with van der Waals surface area (Å²) < 4.78 is 0. The molecule has 2 fully saturated rings. The highest BCUT2D eigenvalue weighted by Gasteiger charge is 2.38. The maximum absolute atomic E-state index is 5.96. The lowest BCUT2D eigenvalue weighted by Crippen LogP contribution is -2.64. The summed E-state index contributed by atoms with van der Waals surface area (Å²) in [7, 11) is 0. The van der Waals surface area contributed by atoms with Gasteiger partial charge in [0.1, 0.15) is 0 Å². The molecule has 0 aromatic heterocycles. The molecule has 3 rings (SSSR count). The molecule has 1 spiro atoms. The fourth-order valence-electron chi connectivity index (χ4n) is 3.88. The molecule has 1 aliphatic heterocycles. The van der Waals surface area contributed by atoms with Crippen LogP contribution in [0, 0.1) is 0 Å². The van der Waals surface area contributed by atoms with Crippen LogP contribution in [-0.4, -0.2) is 36.1 Å². The first-order chi connectivity index (χ1) is 10.2. The first kappa shape index (κ1) is 15.3. The molecule has 2 nitrogen and oxygen atoms in total. The van der Waals surface area contributed by atoms with Gasteiger partial charge in [-0.15, -0.1) is 0 Å². The third-order valence-corrected chi connectivity index (χ3v) is 5.57. The molecule has 116 valence electrons. The van der Waals surface area contributed by atoms with Crippen molar-refractivity contribution < 1.29 is 0 Å². The average Bonchev–Trinajstić information content (AvgIpc) is 2.51. The van der Waals surface area contributed by atoms with Gasteiger partial charge in [-0.2, -0.15) is 0 Å². The van der Waals surface area contributed by atoms with Gasteiger partial charge in [0, 0.05) is 36.2 Å². The predicted molar refractivity (Wildman–Crippen MR) is 90.0 cm³/mol. The zero-order chi connectivity index (χ0) is 14.7. The standard InChI is InChI=1S/C18H27ClN2/c1-15-13-20-18(10-3-2-4-11-18)14-21(15)12-9-16-5-7-17(19)8-6-16/h5-8,15,20H,2-4,9-14H2,1H3. The van der Waals surface area contributed by atoms with Gasteiger partial charge in [0.15, 0.2) is 0 Å². The largest absolute Gasteiger partial charge is 0.308 e. The number of hydrogen-bond acceptors (Lipinski definition) is 2. The number of rotatable bonds is 3. The van der Waals surface area contributed by atoms with E-state index in [0.29, 0.717) is 11.6 Å². The van der Waals surface area contributed by atoms with Crippen molar-refractivity contribution in [2.75, 3.05) is 19.6 Å². The summed E-state index contributed by atoms with van der Waals surface area (Å²) in [4.78, 5) is 2.69. The Morgan fingerprint density at radius 1 is 1.19 bits per heavy atom. The Bertz CT molecular complexity index is 451. The number of benzene rings is 1. The lowest BCUT2D eigenvalue weighted by molar-refractivity contribution is 0.0637. The van der Waals surface area contributed by atoms with Crippen LogP contribution in [0.1, 0.15) is 44.6 Å². The Morgan fingerprint density at radius 3 is 2.62 bits per heavy atom. The molecule has 0 bridgehead atoms. The van der Waals surface area contributed by atoms with Crippen molar-refractivity contribution in [3.05, 3.63) is 34.9 Å². The molecular weight excluding hydrogens is 280 g/mol. The second-order valence-corrected chi connectivity index (χ2v) is 7.35. The summed E-state index contributed by atoms with van der Waals surface area (Å²) in [6, 6.07) is 8.96. The molecule has 1 saturated carbocycles. The van der Waals surface area contributed by atoms with Crippen molar-refractivity contribution in [1.29, 1.82) is 0 Å². The fourth-order valence-corrected chi connectivity index (χ4v) is 4.01. The second kappa shape index (κ2) is 6.68. The summed E-state index contributed by atoms with van der Waals surface area (Å²) in [6.45, 7) is 5.87. The molecule has 0 amide bonds. The van der Waals surface area contributed by atoms with Gasteiger partial charge in [-0.1, -0.05) is 43.0 Å². The Kier molecular flexibility index (Phi) is 4.88. The minimum Gasteiger partial charge on any atom is -0.308 e.